The van der Waals surface area contributed by atoms with Crippen molar-refractivity contribution < 1.29 is 9.90 Å². The van der Waals surface area contributed by atoms with Gasteiger partial charge in [-0.2, -0.15) is 5.26 Å². The minimum atomic E-state index is -0.971. The van der Waals surface area contributed by atoms with Crippen molar-refractivity contribution in [3.05, 3.63) is 35.9 Å². The van der Waals surface area contributed by atoms with E-state index in [-0.39, 0.29) is 13.0 Å². The summed E-state index contributed by atoms with van der Waals surface area (Å²) in [5.41, 5.74) is 1.06. The lowest BCUT2D eigenvalue weighted by Gasteiger charge is -2.23. The van der Waals surface area contributed by atoms with Crippen LogP contribution in [0.25, 0.3) is 0 Å². The van der Waals surface area contributed by atoms with Crippen molar-refractivity contribution >= 4 is 23.3 Å². The molecule has 0 bridgehead atoms. The van der Waals surface area contributed by atoms with Crippen molar-refractivity contribution in [3.63, 3.8) is 0 Å². The molecule has 0 heterocycles. The fraction of sp³-hybridized carbons (Fsp3) is 0.308. The molecule has 100 valence electrons. The van der Waals surface area contributed by atoms with E-state index >= 15 is 0 Å². The average molecular weight is 277 g/mol. The van der Waals surface area contributed by atoms with E-state index in [9.17, 15) is 4.79 Å². The molecule has 1 rings (SSSR count). The Kier molecular flexibility index (Phi) is 6.33. The zero-order valence-corrected chi connectivity index (χ0v) is 11.2. The predicted molar refractivity (Wildman–Crippen MR) is 75.3 cm³/mol. The quantitative estimate of drug-likeness (QED) is 0.765. The number of carboxylic acid groups (broad SMARTS) is 1. The second-order valence-corrected chi connectivity index (χ2v) is 4.25. The largest absolute Gasteiger partial charge is 0.480 e. The fourth-order valence-corrected chi connectivity index (χ4v) is 1.71. The Bertz CT molecular complexity index is 471. The van der Waals surface area contributed by atoms with Gasteiger partial charge in [0.25, 0.3) is 0 Å². The second kappa shape index (κ2) is 8.06. The van der Waals surface area contributed by atoms with Gasteiger partial charge in [0.05, 0.1) is 12.5 Å². The van der Waals surface area contributed by atoms with Gasteiger partial charge in [0.15, 0.2) is 5.11 Å². The Labute approximate surface area is 117 Å². The summed E-state index contributed by atoms with van der Waals surface area (Å²) in [7, 11) is 0. The normalized spacial score (nSPS) is 9.42. The molecule has 1 aromatic rings. The van der Waals surface area contributed by atoms with Crippen LogP contribution < -0.4 is 5.32 Å². The van der Waals surface area contributed by atoms with E-state index in [4.69, 9.17) is 22.6 Å². The molecule has 0 aliphatic rings. The number of carboxylic acids is 1. The Morgan fingerprint density at radius 3 is 2.68 bits per heavy atom. The van der Waals surface area contributed by atoms with Crippen molar-refractivity contribution in [2.45, 2.75) is 13.0 Å². The summed E-state index contributed by atoms with van der Waals surface area (Å²) in [6.07, 6.45) is 0.237. The van der Waals surface area contributed by atoms with Crippen molar-refractivity contribution in [2.75, 3.05) is 13.1 Å². The number of benzene rings is 1. The molecule has 0 aliphatic carbocycles. The minimum Gasteiger partial charge on any atom is -0.480 e. The van der Waals surface area contributed by atoms with Crippen LogP contribution in [0, 0.1) is 11.3 Å². The van der Waals surface area contributed by atoms with Gasteiger partial charge in [-0.25, -0.2) is 0 Å². The molecule has 0 fully saturated rings. The van der Waals surface area contributed by atoms with Crippen molar-refractivity contribution in [3.8, 4) is 6.07 Å². The van der Waals surface area contributed by atoms with Crippen LogP contribution in [0.1, 0.15) is 12.0 Å². The molecule has 1 aromatic carbocycles. The number of nitriles is 1. The summed E-state index contributed by atoms with van der Waals surface area (Å²) in [6, 6.07) is 11.6. The summed E-state index contributed by atoms with van der Waals surface area (Å²) in [5, 5.41) is 20.7. The zero-order valence-electron chi connectivity index (χ0n) is 10.4. The van der Waals surface area contributed by atoms with Crippen LogP contribution >= 0.6 is 12.2 Å². The van der Waals surface area contributed by atoms with Crippen LogP contribution in [-0.4, -0.2) is 34.2 Å². The van der Waals surface area contributed by atoms with Gasteiger partial charge in [-0.1, -0.05) is 30.3 Å². The van der Waals surface area contributed by atoms with Gasteiger partial charge in [-0.3, -0.25) is 4.79 Å². The number of aliphatic carboxylic acids is 1. The highest BCUT2D eigenvalue weighted by molar-refractivity contribution is 7.80. The third kappa shape index (κ3) is 5.84. The number of nitrogens with zero attached hydrogens (tertiary/aromatic N) is 2. The van der Waals surface area contributed by atoms with E-state index in [1.165, 1.54) is 4.90 Å². The molecule has 0 aromatic heterocycles. The molecular formula is C13H15N3O2S. The van der Waals surface area contributed by atoms with E-state index in [2.05, 4.69) is 5.32 Å². The molecular weight excluding hydrogens is 262 g/mol. The minimum absolute atomic E-state index is 0.206. The van der Waals surface area contributed by atoms with Crippen LogP contribution in [0.15, 0.2) is 30.3 Å². The third-order valence-electron chi connectivity index (χ3n) is 2.39. The van der Waals surface area contributed by atoms with Gasteiger partial charge < -0.3 is 15.3 Å². The number of hydrogen-bond acceptors (Lipinski definition) is 3. The molecule has 19 heavy (non-hydrogen) atoms. The Morgan fingerprint density at radius 1 is 1.42 bits per heavy atom. The van der Waals surface area contributed by atoms with Crippen LogP contribution in [0.2, 0.25) is 0 Å². The first-order valence-corrected chi connectivity index (χ1v) is 6.19. The van der Waals surface area contributed by atoms with Crippen LogP contribution in [0.4, 0.5) is 0 Å². The molecule has 2 N–H and O–H groups in total. The first-order chi connectivity index (χ1) is 9.13. The molecule has 0 saturated carbocycles. The van der Waals surface area contributed by atoms with Crippen LogP contribution in [0.3, 0.4) is 0 Å². The Hall–Kier alpha value is -2.13. The summed E-state index contributed by atoms with van der Waals surface area (Å²) in [6.45, 7) is 0.633. The lowest BCUT2D eigenvalue weighted by Crippen LogP contribution is -2.42. The fourth-order valence-electron chi connectivity index (χ4n) is 1.49. The van der Waals surface area contributed by atoms with E-state index < -0.39 is 5.97 Å². The summed E-state index contributed by atoms with van der Waals surface area (Å²) < 4.78 is 0. The monoisotopic (exact) mass is 277 g/mol. The van der Waals surface area contributed by atoms with E-state index in [0.717, 1.165) is 5.56 Å². The third-order valence-corrected chi connectivity index (χ3v) is 2.80. The van der Waals surface area contributed by atoms with Crippen molar-refractivity contribution in [1.29, 1.82) is 5.26 Å². The Morgan fingerprint density at radius 2 is 2.11 bits per heavy atom. The summed E-state index contributed by atoms with van der Waals surface area (Å²) in [4.78, 5) is 12.2. The lowest BCUT2D eigenvalue weighted by molar-refractivity contribution is -0.137. The van der Waals surface area contributed by atoms with Gasteiger partial charge in [0.1, 0.15) is 6.54 Å². The Balaban J connectivity index is 2.51. The standard InChI is InChI=1S/C13H15N3O2S/c14-7-4-8-16(10-12(17)18)13(19)15-9-11-5-2-1-3-6-11/h1-3,5-6H,4,8-10H2,(H,15,19)(H,17,18). The number of nitrogens with one attached hydrogen (secondary N) is 1. The SMILES string of the molecule is N#CCCN(CC(=O)O)C(=S)NCc1ccccc1. The maximum Gasteiger partial charge on any atom is 0.323 e. The van der Waals surface area contributed by atoms with Gasteiger partial charge >= 0.3 is 5.97 Å². The molecule has 0 unspecified atom stereocenters. The first-order valence-electron chi connectivity index (χ1n) is 5.79. The number of carbonyl (C=O) groups is 1. The van der Waals surface area contributed by atoms with Crippen LogP contribution in [-0.2, 0) is 11.3 Å². The topological polar surface area (TPSA) is 76.4 Å². The summed E-state index contributed by atoms with van der Waals surface area (Å²) in [5.74, 6) is -0.971. The summed E-state index contributed by atoms with van der Waals surface area (Å²) >= 11 is 5.15. The van der Waals surface area contributed by atoms with Gasteiger partial charge in [-0.05, 0) is 17.8 Å². The number of thiocarbonyl (C=S) groups is 1. The van der Waals surface area contributed by atoms with Crippen molar-refractivity contribution in [1.82, 2.24) is 10.2 Å². The number of rotatable bonds is 6. The lowest BCUT2D eigenvalue weighted by atomic mass is 10.2. The maximum atomic E-state index is 10.7. The molecule has 6 heteroatoms. The highest BCUT2D eigenvalue weighted by atomic mass is 32.1. The molecule has 0 spiro atoms. The van der Waals surface area contributed by atoms with Crippen LogP contribution in [0.5, 0.6) is 0 Å². The second-order valence-electron chi connectivity index (χ2n) is 3.87. The average Bonchev–Trinajstić information content (AvgIpc) is 2.41. The van der Waals surface area contributed by atoms with Gasteiger partial charge in [-0.15, -0.1) is 0 Å². The van der Waals surface area contributed by atoms with Gasteiger partial charge in [0, 0.05) is 13.1 Å². The molecule has 0 amide bonds. The first kappa shape index (κ1) is 14.9. The molecule has 0 radical (unpaired) electrons. The van der Waals surface area contributed by atoms with E-state index in [0.29, 0.717) is 18.2 Å². The molecule has 0 aliphatic heterocycles. The maximum absolute atomic E-state index is 10.7. The highest BCUT2D eigenvalue weighted by Gasteiger charge is 2.12. The predicted octanol–water partition coefficient (Wildman–Crippen LogP) is 1.36. The van der Waals surface area contributed by atoms with E-state index in [1.54, 1.807) is 0 Å². The van der Waals surface area contributed by atoms with Crippen molar-refractivity contribution in [2.24, 2.45) is 0 Å². The zero-order chi connectivity index (χ0) is 14.1. The number of hydrogen-bond donors (Lipinski definition) is 2. The molecule has 0 saturated heterocycles. The molecule has 5 nitrogen and oxygen atoms in total. The highest BCUT2D eigenvalue weighted by Crippen LogP contribution is 1.99. The molecule has 0 atom stereocenters. The van der Waals surface area contributed by atoms with Gasteiger partial charge in [0.2, 0.25) is 0 Å². The smallest absolute Gasteiger partial charge is 0.323 e. The van der Waals surface area contributed by atoms with E-state index in [1.807, 2.05) is 36.4 Å².